The van der Waals surface area contributed by atoms with E-state index in [1.165, 1.54) is 36.5 Å². The number of hydrogen-bond acceptors (Lipinski definition) is 4. The van der Waals surface area contributed by atoms with Crippen LogP contribution in [-0.2, 0) is 0 Å². The Morgan fingerprint density at radius 2 is 1.74 bits per heavy atom. The Kier molecular flexibility index (Phi) is 5.43. The minimum absolute atomic E-state index is 0.0281. The number of fused-ring (bicyclic) bond motifs is 1. The third kappa shape index (κ3) is 4.06. The molecule has 0 aliphatic rings. The zero-order valence-electron chi connectivity index (χ0n) is 17.4. The summed E-state index contributed by atoms with van der Waals surface area (Å²) in [6, 6.07) is 17.7. The number of para-hydroxylation sites is 1. The highest BCUT2D eigenvalue weighted by molar-refractivity contribution is 6.11. The van der Waals surface area contributed by atoms with E-state index in [9.17, 15) is 18.0 Å². The molecule has 1 amide bonds. The molecule has 5 rings (SSSR count). The summed E-state index contributed by atoms with van der Waals surface area (Å²) in [5, 5.41) is 9.92. The second kappa shape index (κ2) is 8.70. The Morgan fingerprint density at radius 3 is 2.53 bits per heavy atom. The van der Waals surface area contributed by atoms with Crippen molar-refractivity contribution in [3.8, 4) is 22.8 Å². The van der Waals surface area contributed by atoms with Crippen molar-refractivity contribution in [1.29, 1.82) is 0 Å². The number of nitrogens with one attached hydrogen (secondary N) is 2. The van der Waals surface area contributed by atoms with Gasteiger partial charge in [-0.05, 0) is 42.0 Å². The van der Waals surface area contributed by atoms with Crippen molar-refractivity contribution in [3.63, 3.8) is 0 Å². The van der Waals surface area contributed by atoms with Crippen LogP contribution < -0.4 is 10.1 Å². The van der Waals surface area contributed by atoms with Crippen molar-refractivity contribution < 1.29 is 22.7 Å². The molecule has 0 aliphatic carbocycles. The van der Waals surface area contributed by atoms with Gasteiger partial charge in [-0.25, -0.2) is 18.2 Å². The molecule has 0 bridgehead atoms. The molecule has 2 N–H and O–H groups in total. The predicted octanol–water partition coefficient (Wildman–Crippen LogP) is 6.09. The van der Waals surface area contributed by atoms with E-state index in [1.807, 2.05) is 0 Å². The number of aromatic nitrogens is 3. The maximum atomic E-state index is 14.2. The van der Waals surface area contributed by atoms with Crippen LogP contribution in [0.2, 0.25) is 0 Å². The third-order valence-corrected chi connectivity index (χ3v) is 5.09. The van der Waals surface area contributed by atoms with E-state index in [0.29, 0.717) is 22.2 Å². The zero-order chi connectivity index (χ0) is 23.7. The molecule has 5 aromatic rings. The lowest BCUT2D eigenvalue weighted by Gasteiger charge is -2.07. The maximum Gasteiger partial charge on any atom is 0.276 e. The van der Waals surface area contributed by atoms with Crippen LogP contribution in [0.3, 0.4) is 0 Å². The number of rotatable bonds is 5. The SMILES string of the molecule is O=C(Nc1ccc(Oc2ccccc2F)nc1)c1n[nH]c2ccc(-c3cccc(F)c3F)cc12. The van der Waals surface area contributed by atoms with Gasteiger partial charge in [0.15, 0.2) is 28.9 Å². The van der Waals surface area contributed by atoms with Crippen molar-refractivity contribution in [2.75, 3.05) is 5.32 Å². The van der Waals surface area contributed by atoms with Crippen molar-refractivity contribution >= 4 is 22.5 Å². The van der Waals surface area contributed by atoms with E-state index >= 15 is 0 Å². The molecular weight excluding hydrogens is 445 g/mol. The van der Waals surface area contributed by atoms with Gasteiger partial charge in [0, 0.05) is 17.0 Å². The summed E-state index contributed by atoms with van der Waals surface area (Å²) < 4.78 is 47.0. The quantitative estimate of drug-likeness (QED) is 0.333. The van der Waals surface area contributed by atoms with Gasteiger partial charge in [0.05, 0.1) is 17.4 Å². The van der Waals surface area contributed by atoms with Crippen LogP contribution in [0.1, 0.15) is 10.5 Å². The maximum absolute atomic E-state index is 14.2. The van der Waals surface area contributed by atoms with Gasteiger partial charge < -0.3 is 10.1 Å². The molecule has 2 heterocycles. The topological polar surface area (TPSA) is 79.9 Å². The Labute approximate surface area is 191 Å². The number of carbonyl (C=O) groups is 1. The van der Waals surface area contributed by atoms with Gasteiger partial charge in [-0.2, -0.15) is 5.10 Å². The number of hydrogen-bond donors (Lipinski definition) is 2. The van der Waals surface area contributed by atoms with Crippen LogP contribution in [0.5, 0.6) is 11.6 Å². The summed E-state index contributed by atoms with van der Waals surface area (Å²) in [5.41, 5.74) is 1.45. The summed E-state index contributed by atoms with van der Waals surface area (Å²) >= 11 is 0. The number of amides is 1. The van der Waals surface area contributed by atoms with E-state index in [-0.39, 0.29) is 22.9 Å². The van der Waals surface area contributed by atoms with Crippen molar-refractivity contribution in [2.24, 2.45) is 0 Å². The molecule has 0 saturated heterocycles. The average Bonchev–Trinajstić information content (AvgIpc) is 3.27. The Bertz CT molecular complexity index is 1520. The summed E-state index contributed by atoms with van der Waals surface area (Å²) in [6.07, 6.45) is 1.36. The first-order valence-corrected chi connectivity index (χ1v) is 10.1. The average molecular weight is 460 g/mol. The highest BCUT2D eigenvalue weighted by Crippen LogP contribution is 2.29. The summed E-state index contributed by atoms with van der Waals surface area (Å²) in [6.45, 7) is 0. The van der Waals surface area contributed by atoms with Crippen LogP contribution in [-0.4, -0.2) is 21.1 Å². The number of pyridine rings is 1. The smallest absolute Gasteiger partial charge is 0.276 e. The second-order valence-corrected chi connectivity index (χ2v) is 7.31. The van der Waals surface area contributed by atoms with E-state index in [0.717, 1.165) is 6.07 Å². The van der Waals surface area contributed by atoms with Gasteiger partial charge >= 0.3 is 0 Å². The summed E-state index contributed by atoms with van der Waals surface area (Å²) in [7, 11) is 0. The van der Waals surface area contributed by atoms with E-state index in [4.69, 9.17) is 4.74 Å². The van der Waals surface area contributed by atoms with Gasteiger partial charge in [-0.3, -0.25) is 9.89 Å². The molecular formula is C25H15F3N4O2. The number of anilines is 1. The highest BCUT2D eigenvalue weighted by Gasteiger charge is 2.17. The van der Waals surface area contributed by atoms with Gasteiger partial charge in [0.1, 0.15) is 0 Å². The lowest BCUT2D eigenvalue weighted by Crippen LogP contribution is -2.13. The van der Waals surface area contributed by atoms with Gasteiger partial charge in [-0.15, -0.1) is 0 Å². The summed E-state index contributed by atoms with van der Waals surface area (Å²) in [4.78, 5) is 16.9. The minimum Gasteiger partial charge on any atom is -0.436 e. The Morgan fingerprint density at radius 1 is 0.912 bits per heavy atom. The van der Waals surface area contributed by atoms with Crippen molar-refractivity contribution in [2.45, 2.75) is 0 Å². The van der Waals surface area contributed by atoms with Gasteiger partial charge in [-0.1, -0.05) is 30.3 Å². The number of H-pyrrole nitrogens is 1. The molecule has 0 saturated carbocycles. The second-order valence-electron chi connectivity index (χ2n) is 7.31. The monoisotopic (exact) mass is 460 g/mol. The van der Waals surface area contributed by atoms with Gasteiger partial charge in [0.2, 0.25) is 5.88 Å². The van der Waals surface area contributed by atoms with Crippen LogP contribution in [0, 0.1) is 17.5 Å². The molecule has 0 aliphatic heterocycles. The fourth-order valence-electron chi connectivity index (χ4n) is 3.43. The van der Waals surface area contributed by atoms with E-state index < -0.39 is 23.4 Å². The molecule has 0 atom stereocenters. The first-order chi connectivity index (χ1) is 16.5. The first kappa shape index (κ1) is 21.2. The Hall–Kier alpha value is -4.66. The van der Waals surface area contributed by atoms with Crippen molar-refractivity contribution in [1.82, 2.24) is 15.2 Å². The number of aromatic amines is 1. The molecule has 2 aromatic heterocycles. The molecule has 0 unspecified atom stereocenters. The molecule has 0 fully saturated rings. The lowest BCUT2D eigenvalue weighted by molar-refractivity contribution is 0.102. The van der Waals surface area contributed by atoms with Crippen LogP contribution in [0.4, 0.5) is 18.9 Å². The fourth-order valence-corrected chi connectivity index (χ4v) is 3.43. The predicted molar refractivity (Wildman–Crippen MR) is 120 cm³/mol. The van der Waals surface area contributed by atoms with Crippen LogP contribution >= 0.6 is 0 Å². The van der Waals surface area contributed by atoms with E-state index in [2.05, 4.69) is 20.5 Å². The largest absolute Gasteiger partial charge is 0.436 e. The molecule has 0 spiro atoms. The third-order valence-electron chi connectivity index (χ3n) is 5.09. The number of carbonyl (C=O) groups excluding carboxylic acids is 1. The fraction of sp³-hybridized carbons (Fsp3) is 0. The Balaban J connectivity index is 1.37. The van der Waals surface area contributed by atoms with Crippen molar-refractivity contribution in [3.05, 3.63) is 102 Å². The number of halogens is 3. The summed E-state index contributed by atoms with van der Waals surface area (Å²) in [5.74, 6) is -2.81. The molecule has 9 heteroatoms. The molecule has 6 nitrogen and oxygen atoms in total. The molecule has 34 heavy (non-hydrogen) atoms. The number of nitrogens with zero attached hydrogens (tertiary/aromatic N) is 2. The lowest BCUT2D eigenvalue weighted by atomic mass is 10.0. The molecule has 3 aromatic carbocycles. The van der Waals surface area contributed by atoms with Crippen LogP contribution in [0.15, 0.2) is 79.0 Å². The standard InChI is InChI=1S/C25H15F3N4O2/c26-18-5-1-2-7-21(18)34-22-11-9-15(13-29-22)30-25(33)24-17-12-14(8-10-20(17)31-32-24)16-4-3-6-19(27)23(16)28/h1-13H,(H,30,33)(H,31,32). The minimum atomic E-state index is -0.972. The molecule has 168 valence electrons. The highest BCUT2D eigenvalue weighted by atomic mass is 19.2. The normalized spacial score (nSPS) is 10.9. The number of ether oxygens (including phenoxy) is 1. The van der Waals surface area contributed by atoms with Crippen LogP contribution in [0.25, 0.3) is 22.0 Å². The zero-order valence-corrected chi connectivity index (χ0v) is 17.4. The molecule has 0 radical (unpaired) electrons. The van der Waals surface area contributed by atoms with E-state index in [1.54, 1.807) is 36.4 Å². The number of benzene rings is 3. The first-order valence-electron chi connectivity index (χ1n) is 10.1. The van der Waals surface area contributed by atoms with Gasteiger partial charge in [0.25, 0.3) is 5.91 Å².